The van der Waals surface area contributed by atoms with Crippen LogP contribution in [-0.2, 0) is 16.1 Å². The zero-order valence-electron chi connectivity index (χ0n) is 11.9. The maximum atomic E-state index is 12.2. The number of rotatable bonds is 2. The molecule has 1 aliphatic heterocycles. The van der Waals surface area contributed by atoms with Gasteiger partial charge in [-0.2, -0.15) is 0 Å². The number of nitrogens with one attached hydrogen (secondary N) is 1. The average molecular weight is 263 g/mol. The molecule has 0 spiro atoms. The molecule has 19 heavy (non-hydrogen) atoms. The molecule has 2 rings (SSSR count). The molecule has 4 heteroatoms. The Hall–Kier alpha value is -1.55. The van der Waals surface area contributed by atoms with Crippen LogP contribution in [-0.4, -0.2) is 25.2 Å². The van der Waals surface area contributed by atoms with E-state index in [1.54, 1.807) is 7.11 Å². The van der Waals surface area contributed by atoms with E-state index in [1.807, 2.05) is 39.0 Å². The Morgan fingerprint density at radius 1 is 1.37 bits per heavy atom. The monoisotopic (exact) mass is 263 g/mol. The van der Waals surface area contributed by atoms with Crippen molar-refractivity contribution in [2.24, 2.45) is 0 Å². The highest BCUT2D eigenvalue weighted by Gasteiger charge is 2.30. The topological polar surface area (TPSA) is 47.6 Å². The first-order valence-electron chi connectivity index (χ1n) is 6.51. The number of ether oxygens (including phenoxy) is 2. The van der Waals surface area contributed by atoms with Gasteiger partial charge in [0, 0.05) is 13.1 Å². The van der Waals surface area contributed by atoms with Gasteiger partial charge in [-0.3, -0.25) is 4.79 Å². The molecule has 0 radical (unpaired) electrons. The molecule has 0 aromatic heterocycles. The second kappa shape index (κ2) is 5.21. The molecule has 0 amide bonds. The molecule has 0 bridgehead atoms. The summed E-state index contributed by atoms with van der Waals surface area (Å²) in [4.78, 5) is 12.2. The van der Waals surface area contributed by atoms with Crippen molar-refractivity contribution >= 4 is 5.97 Å². The largest absolute Gasteiger partial charge is 0.497 e. The average Bonchev–Trinajstić information content (AvgIpc) is 2.35. The van der Waals surface area contributed by atoms with Crippen LogP contribution in [0.1, 0.15) is 37.8 Å². The van der Waals surface area contributed by atoms with E-state index in [9.17, 15) is 4.79 Å². The minimum absolute atomic E-state index is 0.175. The van der Waals surface area contributed by atoms with Crippen LogP contribution in [0.2, 0.25) is 0 Å². The van der Waals surface area contributed by atoms with E-state index in [0.717, 1.165) is 23.4 Å². The maximum Gasteiger partial charge on any atom is 0.315 e. The Morgan fingerprint density at radius 2 is 2.11 bits per heavy atom. The van der Waals surface area contributed by atoms with Crippen molar-refractivity contribution in [1.82, 2.24) is 5.32 Å². The number of esters is 1. The summed E-state index contributed by atoms with van der Waals surface area (Å²) in [6.45, 7) is 7.03. The standard InChI is InChI=1S/C15H21NO3/c1-15(2,3)19-14(17)13-9-16-8-10-7-11(18-4)5-6-12(10)13/h5-7,13,16H,8-9H2,1-4H3. The third-order valence-corrected chi connectivity index (χ3v) is 3.08. The summed E-state index contributed by atoms with van der Waals surface area (Å²) in [7, 11) is 1.64. The van der Waals surface area contributed by atoms with Crippen molar-refractivity contribution in [2.75, 3.05) is 13.7 Å². The van der Waals surface area contributed by atoms with E-state index in [-0.39, 0.29) is 11.9 Å². The van der Waals surface area contributed by atoms with Crippen LogP contribution in [0.4, 0.5) is 0 Å². The first kappa shape index (κ1) is 13.9. The third kappa shape index (κ3) is 3.26. The summed E-state index contributed by atoms with van der Waals surface area (Å²) in [5.41, 5.74) is 1.68. The van der Waals surface area contributed by atoms with Crippen molar-refractivity contribution in [3.63, 3.8) is 0 Å². The fourth-order valence-corrected chi connectivity index (χ4v) is 2.25. The van der Waals surface area contributed by atoms with Gasteiger partial charge in [-0.25, -0.2) is 0 Å². The van der Waals surface area contributed by atoms with E-state index < -0.39 is 5.60 Å². The highest BCUT2D eigenvalue weighted by atomic mass is 16.6. The van der Waals surface area contributed by atoms with Crippen molar-refractivity contribution < 1.29 is 14.3 Å². The quantitative estimate of drug-likeness (QED) is 0.831. The van der Waals surface area contributed by atoms with Crippen LogP contribution >= 0.6 is 0 Å². The summed E-state index contributed by atoms with van der Waals surface area (Å²) >= 11 is 0. The van der Waals surface area contributed by atoms with E-state index in [4.69, 9.17) is 9.47 Å². The van der Waals surface area contributed by atoms with Gasteiger partial charge in [0.2, 0.25) is 0 Å². The van der Waals surface area contributed by atoms with Crippen molar-refractivity contribution in [2.45, 2.75) is 38.8 Å². The number of carbonyl (C=O) groups is 1. The first-order chi connectivity index (χ1) is 8.90. The molecule has 1 aromatic rings. The van der Waals surface area contributed by atoms with Crippen molar-refractivity contribution in [1.29, 1.82) is 0 Å². The van der Waals surface area contributed by atoms with Gasteiger partial charge in [0.1, 0.15) is 11.4 Å². The molecule has 0 fully saturated rings. The molecule has 1 aromatic carbocycles. The number of carbonyl (C=O) groups excluding carboxylic acids is 1. The lowest BCUT2D eigenvalue weighted by molar-refractivity contribution is -0.156. The van der Waals surface area contributed by atoms with Crippen molar-refractivity contribution in [3.8, 4) is 5.75 Å². The van der Waals surface area contributed by atoms with Gasteiger partial charge in [-0.15, -0.1) is 0 Å². The number of benzene rings is 1. The summed E-state index contributed by atoms with van der Waals surface area (Å²) in [5.74, 6) is 0.394. The zero-order valence-corrected chi connectivity index (χ0v) is 11.9. The summed E-state index contributed by atoms with van der Waals surface area (Å²) in [5, 5.41) is 3.25. The maximum absolute atomic E-state index is 12.2. The fraction of sp³-hybridized carbons (Fsp3) is 0.533. The van der Waals surface area contributed by atoms with Crippen LogP contribution < -0.4 is 10.1 Å². The Labute approximate surface area is 114 Å². The smallest absolute Gasteiger partial charge is 0.315 e. The Balaban J connectivity index is 2.25. The molecule has 0 saturated carbocycles. The number of hydrogen-bond donors (Lipinski definition) is 1. The molecular weight excluding hydrogens is 242 g/mol. The third-order valence-electron chi connectivity index (χ3n) is 3.08. The van der Waals surface area contributed by atoms with Gasteiger partial charge in [0.05, 0.1) is 13.0 Å². The molecule has 0 aliphatic carbocycles. The second-order valence-electron chi connectivity index (χ2n) is 5.78. The predicted molar refractivity (Wildman–Crippen MR) is 73.3 cm³/mol. The predicted octanol–water partition coefficient (Wildman–Crippen LogP) is 2.22. The lowest BCUT2D eigenvalue weighted by Gasteiger charge is -2.28. The molecule has 1 unspecified atom stereocenters. The highest BCUT2D eigenvalue weighted by Crippen LogP contribution is 2.29. The van der Waals surface area contributed by atoms with Crippen molar-refractivity contribution in [3.05, 3.63) is 29.3 Å². The zero-order chi connectivity index (χ0) is 14.0. The number of methoxy groups -OCH3 is 1. The molecule has 1 atom stereocenters. The van der Waals surface area contributed by atoms with E-state index in [0.29, 0.717) is 6.54 Å². The SMILES string of the molecule is COc1ccc2c(c1)CNCC2C(=O)OC(C)(C)C. The van der Waals surface area contributed by atoms with Crippen LogP contribution in [0, 0.1) is 0 Å². The van der Waals surface area contributed by atoms with Crippen LogP contribution in [0.5, 0.6) is 5.75 Å². The Kier molecular flexibility index (Phi) is 3.80. The first-order valence-corrected chi connectivity index (χ1v) is 6.51. The number of hydrogen-bond acceptors (Lipinski definition) is 4. The Morgan fingerprint density at radius 3 is 2.74 bits per heavy atom. The minimum Gasteiger partial charge on any atom is -0.497 e. The second-order valence-corrected chi connectivity index (χ2v) is 5.78. The van der Waals surface area contributed by atoms with Crippen LogP contribution in [0.25, 0.3) is 0 Å². The summed E-state index contributed by atoms with van der Waals surface area (Å²) < 4.78 is 10.7. The Bertz CT molecular complexity index is 477. The van der Waals surface area contributed by atoms with Gasteiger partial charge in [-0.05, 0) is 44.0 Å². The lowest BCUT2D eigenvalue weighted by Crippen LogP contribution is -2.36. The van der Waals surface area contributed by atoms with Gasteiger partial charge >= 0.3 is 5.97 Å². The molecule has 0 saturated heterocycles. The summed E-state index contributed by atoms with van der Waals surface area (Å²) in [6, 6.07) is 5.82. The van der Waals surface area contributed by atoms with Gasteiger partial charge < -0.3 is 14.8 Å². The van der Waals surface area contributed by atoms with Crippen LogP contribution in [0.15, 0.2) is 18.2 Å². The normalized spacial score (nSPS) is 18.6. The van der Waals surface area contributed by atoms with Gasteiger partial charge in [0.15, 0.2) is 0 Å². The molecule has 104 valence electrons. The van der Waals surface area contributed by atoms with Gasteiger partial charge in [0.25, 0.3) is 0 Å². The molecule has 1 N–H and O–H groups in total. The van der Waals surface area contributed by atoms with E-state index in [1.165, 1.54) is 0 Å². The molecule has 4 nitrogen and oxygen atoms in total. The minimum atomic E-state index is -0.457. The molecule has 1 heterocycles. The molecular formula is C15H21NO3. The summed E-state index contributed by atoms with van der Waals surface area (Å²) in [6.07, 6.45) is 0. The number of fused-ring (bicyclic) bond motifs is 1. The highest BCUT2D eigenvalue weighted by molar-refractivity contribution is 5.80. The van der Waals surface area contributed by atoms with Gasteiger partial charge in [-0.1, -0.05) is 6.07 Å². The van der Waals surface area contributed by atoms with E-state index in [2.05, 4.69) is 5.32 Å². The fourth-order valence-electron chi connectivity index (χ4n) is 2.25. The lowest BCUT2D eigenvalue weighted by atomic mass is 9.90. The van der Waals surface area contributed by atoms with E-state index >= 15 is 0 Å². The molecule has 1 aliphatic rings. The van der Waals surface area contributed by atoms with Crippen LogP contribution in [0.3, 0.4) is 0 Å².